The Hall–Kier alpha value is -1.84. The maximum absolute atomic E-state index is 11.7. The molecule has 0 aliphatic carbocycles. The fourth-order valence-electron chi connectivity index (χ4n) is 1.88. The van der Waals surface area contributed by atoms with Gasteiger partial charge in [0.25, 0.3) is 0 Å². The lowest BCUT2D eigenvalue weighted by molar-refractivity contribution is -0.154. The van der Waals surface area contributed by atoms with E-state index in [0.29, 0.717) is 6.42 Å². The second-order valence-corrected chi connectivity index (χ2v) is 5.11. The summed E-state index contributed by atoms with van der Waals surface area (Å²) in [5.74, 6) is -0.598. The minimum Gasteiger partial charge on any atom is -0.462 e. The first-order chi connectivity index (χ1) is 10.1. The Balaban J connectivity index is 2.19. The number of carbonyl (C=O) groups excluding carboxylic acids is 2. The van der Waals surface area contributed by atoms with Crippen LogP contribution in [0.1, 0.15) is 51.5 Å². The van der Waals surface area contributed by atoms with Gasteiger partial charge in [0, 0.05) is 6.42 Å². The monoisotopic (exact) mass is 292 g/mol. The first-order valence-electron chi connectivity index (χ1n) is 7.50. The van der Waals surface area contributed by atoms with Gasteiger partial charge in [0.15, 0.2) is 0 Å². The lowest BCUT2D eigenvalue weighted by atomic mass is 10.2. The van der Waals surface area contributed by atoms with E-state index in [0.717, 1.165) is 24.8 Å². The van der Waals surface area contributed by atoms with Crippen molar-refractivity contribution in [1.82, 2.24) is 0 Å². The summed E-state index contributed by atoms with van der Waals surface area (Å²) in [4.78, 5) is 23.2. The highest BCUT2D eigenvalue weighted by molar-refractivity contribution is 5.72. The van der Waals surface area contributed by atoms with Crippen LogP contribution in [0.4, 0.5) is 0 Å². The van der Waals surface area contributed by atoms with Crippen molar-refractivity contribution in [2.75, 3.05) is 0 Å². The van der Waals surface area contributed by atoms with Crippen LogP contribution < -0.4 is 0 Å². The van der Waals surface area contributed by atoms with E-state index in [9.17, 15) is 9.59 Å². The van der Waals surface area contributed by atoms with E-state index in [4.69, 9.17) is 9.47 Å². The number of hydrogen-bond donors (Lipinski definition) is 0. The van der Waals surface area contributed by atoms with Crippen LogP contribution >= 0.6 is 0 Å². The number of benzene rings is 1. The lowest BCUT2D eigenvalue weighted by Crippen LogP contribution is -2.19. The minimum atomic E-state index is -0.442. The van der Waals surface area contributed by atoms with E-state index in [1.165, 1.54) is 0 Å². The molecule has 0 saturated carbocycles. The molecule has 0 heterocycles. The summed E-state index contributed by atoms with van der Waals surface area (Å²) in [6.07, 6.45) is 2.98. The molecular formula is C17H24O4. The van der Waals surface area contributed by atoms with Crippen molar-refractivity contribution in [3.05, 3.63) is 35.9 Å². The Labute approximate surface area is 126 Å². The maximum atomic E-state index is 11.7. The second kappa shape index (κ2) is 9.97. The van der Waals surface area contributed by atoms with Gasteiger partial charge in [-0.2, -0.15) is 0 Å². The quantitative estimate of drug-likeness (QED) is 0.515. The van der Waals surface area contributed by atoms with Gasteiger partial charge in [-0.05, 0) is 18.9 Å². The average Bonchev–Trinajstić information content (AvgIpc) is 2.46. The summed E-state index contributed by atoms with van der Waals surface area (Å²) < 4.78 is 10.3. The summed E-state index contributed by atoms with van der Waals surface area (Å²) in [5.41, 5.74) is 0.940. The largest absolute Gasteiger partial charge is 0.462 e. The molecule has 1 aromatic rings. The molecule has 116 valence electrons. The number of unbranched alkanes of at least 4 members (excludes halogenated alkanes) is 2. The molecule has 0 bridgehead atoms. The van der Waals surface area contributed by atoms with Crippen molar-refractivity contribution in [2.45, 2.75) is 58.7 Å². The predicted molar refractivity (Wildman–Crippen MR) is 80.6 cm³/mol. The van der Waals surface area contributed by atoms with E-state index in [2.05, 4.69) is 6.92 Å². The van der Waals surface area contributed by atoms with Gasteiger partial charge in [0.05, 0.1) is 6.42 Å². The smallest absolute Gasteiger partial charge is 0.309 e. The van der Waals surface area contributed by atoms with E-state index >= 15 is 0 Å². The van der Waals surface area contributed by atoms with Crippen molar-refractivity contribution < 1.29 is 19.1 Å². The zero-order valence-corrected chi connectivity index (χ0v) is 12.8. The molecule has 1 aromatic carbocycles. The van der Waals surface area contributed by atoms with Crippen molar-refractivity contribution in [3.8, 4) is 0 Å². The molecule has 0 aliphatic heterocycles. The van der Waals surface area contributed by atoms with Crippen LogP contribution in [-0.4, -0.2) is 18.0 Å². The van der Waals surface area contributed by atoms with Crippen LogP contribution in [0.2, 0.25) is 0 Å². The van der Waals surface area contributed by atoms with Crippen LogP contribution in [0.25, 0.3) is 0 Å². The average molecular weight is 292 g/mol. The molecule has 0 radical (unpaired) electrons. The third-order valence-electron chi connectivity index (χ3n) is 3.01. The first kappa shape index (κ1) is 17.2. The lowest BCUT2D eigenvalue weighted by Gasteiger charge is -2.13. The van der Waals surface area contributed by atoms with Gasteiger partial charge in [-0.3, -0.25) is 9.59 Å². The van der Waals surface area contributed by atoms with Crippen molar-refractivity contribution >= 4 is 11.9 Å². The molecule has 0 fully saturated rings. The topological polar surface area (TPSA) is 52.6 Å². The molecule has 1 unspecified atom stereocenters. The molecule has 0 spiro atoms. The van der Waals surface area contributed by atoms with Crippen LogP contribution in [0.5, 0.6) is 0 Å². The van der Waals surface area contributed by atoms with Gasteiger partial charge in [0.2, 0.25) is 0 Å². The molecule has 1 rings (SSSR count). The fraction of sp³-hybridized carbons (Fsp3) is 0.529. The molecular weight excluding hydrogens is 268 g/mol. The molecule has 0 amide bonds. The first-order valence-corrected chi connectivity index (χ1v) is 7.50. The number of ether oxygens (including phenoxy) is 2. The SMILES string of the molecule is CCCCCC(=O)OC(C)CC(=O)OCc1ccccc1. The number of esters is 2. The van der Waals surface area contributed by atoms with E-state index in [1.807, 2.05) is 30.3 Å². The number of carbonyl (C=O) groups is 2. The van der Waals surface area contributed by atoms with Crippen molar-refractivity contribution in [1.29, 1.82) is 0 Å². The summed E-state index contributed by atoms with van der Waals surface area (Å²) in [6, 6.07) is 9.48. The van der Waals surface area contributed by atoms with Gasteiger partial charge in [0.1, 0.15) is 12.7 Å². The van der Waals surface area contributed by atoms with Gasteiger partial charge < -0.3 is 9.47 Å². The highest BCUT2D eigenvalue weighted by Gasteiger charge is 2.14. The zero-order valence-electron chi connectivity index (χ0n) is 12.8. The predicted octanol–water partition coefficient (Wildman–Crippen LogP) is 3.63. The van der Waals surface area contributed by atoms with E-state index < -0.39 is 6.10 Å². The number of rotatable bonds is 9. The normalized spacial score (nSPS) is 11.7. The fourth-order valence-corrected chi connectivity index (χ4v) is 1.88. The number of hydrogen-bond acceptors (Lipinski definition) is 4. The third kappa shape index (κ3) is 8.12. The van der Waals surface area contributed by atoms with Gasteiger partial charge >= 0.3 is 11.9 Å². The molecule has 21 heavy (non-hydrogen) atoms. The maximum Gasteiger partial charge on any atom is 0.309 e. The molecule has 0 N–H and O–H groups in total. The molecule has 4 nitrogen and oxygen atoms in total. The zero-order chi connectivity index (χ0) is 15.5. The highest BCUT2D eigenvalue weighted by atomic mass is 16.6. The van der Waals surface area contributed by atoms with Crippen molar-refractivity contribution in [3.63, 3.8) is 0 Å². The molecule has 0 aromatic heterocycles. The summed E-state index contributed by atoms with van der Waals surface area (Å²) in [6.45, 7) is 4.04. The Morgan fingerprint density at radius 1 is 1.10 bits per heavy atom. The van der Waals surface area contributed by atoms with Crippen LogP contribution in [0.15, 0.2) is 30.3 Å². The van der Waals surface area contributed by atoms with Crippen LogP contribution in [0, 0.1) is 0 Å². The Morgan fingerprint density at radius 2 is 1.81 bits per heavy atom. The third-order valence-corrected chi connectivity index (χ3v) is 3.01. The van der Waals surface area contributed by atoms with Crippen molar-refractivity contribution in [2.24, 2.45) is 0 Å². The summed E-state index contributed by atoms with van der Waals surface area (Å²) in [5, 5.41) is 0. The van der Waals surface area contributed by atoms with Crippen LogP contribution in [0.3, 0.4) is 0 Å². The minimum absolute atomic E-state index is 0.0896. The standard InChI is InChI=1S/C17H24O4/c1-3-4-6-11-16(18)21-14(2)12-17(19)20-13-15-9-7-5-8-10-15/h5,7-10,14H,3-4,6,11-13H2,1-2H3. The Morgan fingerprint density at radius 3 is 2.48 bits per heavy atom. The summed E-state index contributed by atoms with van der Waals surface area (Å²) >= 11 is 0. The van der Waals surface area contributed by atoms with E-state index in [1.54, 1.807) is 6.92 Å². The van der Waals surface area contributed by atoms with Gasteiger partial charge in [-0.1, -0.05) is 50.1 Å². The van der Waals surface area contributed by atoms with Crippen LogP contribution in [-0.2, 0) is 25.7 Å². The highest BCUT2D eigenvalue weighted by Crippen LogP contribution is 2.07. The molecule has 0 saturated heterocycles. The molecule has 4 heteroatoms. The summed E-state index contributed by atoms with van der Waals surface area (Å²) in [7, 11) is 0. The molecule has 0 aliphatic rings. The van der Waals surface area contributed by atoms with E-state index in [-0.39, 0.29) is 25.0 Å². The second-order valence-electron chi connectivity index (χ2n) is 5.11. The Bertz CT molecular complexity index is 428. The van der Waals surface area contributed by atoms with Gasteiger partial charge in [-0.25, -0.2) is 0 Å². The Kier molecular flexibility index (Phi) is 8.17. The van der Waals surface area contributed by atoms with Gasteiger partial charge in [-0.15, -0.1) is 0 Å². The molecule has 1 atom stereocenters.